The third-order valence-electron chi connectivity index (χ3n) is 6.84. The molecule has 0 rings (SSSR count). The minimum absolute atomic E-state index is 0.00584. The minimum Gasteiger partial charge on any atom is -0.480 e. The van der Waals surface area contributed by atoms with Crippen molar-refractivity contribution in [3.8, 4) is 0 Å². The molecule has 0 heterocycles. The lowest BCUT2D eigenvalue weighted by Gasteiger charge is -2.18. The first-order valence-corrected chi connectivity index (χ1v) is 16.9. The highest BCUT2D eigenvalue weighted by Gasteiger charge is 2.23. The SMILES string of the molecule is NC(=O)CC[C@H](NC(=O)CNC(=O)CNC(=O)CNC(=O)[C@@H](N)CCCN=C(N)N)C(=O)NCC(=O)NCC(=O)NCC(=O)N[C@@H](CCCN=C(N)N)C(=O)O. The highest BCUT2D eigenvalue weighted by molar-refractivity contribution is 5.94. The summed E-state index contributed by atoms with van der Waals surface area (Å²) in [6, 6.07) is -3.59. The summed E-state index contributed by atoms with van der Waals surface area (Å²) in [5, 5.41) is 27.1. The number of primary amides is 1. The zero-order chi connectivity index (χ0) is 42.6. The second-order valence-corrected chi connectivity index (χ2v) is 11.6. The predicted octanol–water partition coefficient (Wildman–Crippen LogP) is -9.56. The number of aliphatic carboxylic acids is 1. The number of carboxylic acid groups (broad SMARTS) is 1. The number of amides is 9. The Kier molecular flexibility index (Phi) is 24.4. The monoisotopic (exact) mass is 800 g/mol. The van der Waals surface area contributed by atoms with Crippen LogP contribution in [0.4, 0.5) is 0 Å². The summed E-state index contributed by atoms with van der Waals surface area (Å²) in [5.41, 5.74) is 31.7. The number of carbonyl (C=O) groups excluding carboxylic acids is 9. The largest absolute Gasteiger partial charge is 0.480 e. The number of hydrogen-bond acceptors (Lipinski definition) is 13. The van der Waals surface area contributed by atoms with E-state index < -0.39 is 117 Å². The molecule has 314 valence electrons. The summed E-state index contributed by atoms with van der Waals surface area (Å²) < 4.78 is 0. The standard InChI is InChI=1S/C29H52N16O11/c30-15(3-1-7-36-28(32)33)25(53)42-11-21(49)38-9-19(47)40-13-23(51)44-16(5-6-18(31)46)26(54)43-12-22(50)39-10-20(48)41-14-24(52)45-17(27(55)56)4-2-8-37-29(34)35/h15-17H,1-14,30H2,(H2,31,46)(H,38,49)(H,39,50)(H,40,47)(H,41,48)(H,42,53)(H,43,54)(H,44,51)(H,45,52)(H,55,56)(H4,32,33,36)(H4,34,35,37)/t15-,16-,17-/m0/s1. The molecule has 0 radical (unpaired) electrons. The van der Waals surface area contributed by atoms with Crippen LogP contribution in [0.2, 0.25) is 0 Å². The van der Waals surface area contributed by atoms with Gasteiger partial charge in [0.1, 0.15) is 12.1 Å². The number of nitrogens with one attached hydrogen (secondary N) is 8. The zero-order valence-electron chi connectivity index (χ0n) is 30.5. The maximum Gasteiger partial charge on any atom is 0.326 e. The Balaban J connectivity index is 4.64. The number of guanidine groups is 2. The fraction of sp³-hybridized carbons (Fsp3) is 0.586. The van der Waals surface area contributed by atoms with Gasteiger partial charge >= 0.3 is 5.97 Å². The Bertz CT molecular complexity index is 1460. The Hall–Kier alpha value is -6.80. The Labute approximate surface area is 320 Å². The van der Waals surface area contributed by atoms with Crippen molar-refractivity contribution < 1.29 is 53.1 Å². The first kappa shape index (κ1) is 49.2. The van der Waals surface area contributed by atoms with E-state index in [4.69, 9.17) is 34.4 Å². The van der Waals surface area contributed by atoms with Crippen molar-refractivity contribution in [3.63, 3.8) is 0 Å². The number of rotatable bonds is 28. The normalized spacial score (nSPS) is 11.8. The quantitative estimate of drug-likeness (QED) is 0.0198. The van der Waals surface area contributed by atoms with Gasteiger partial charge in [-0.15, -0.1) is 0 Å². The second kappa shape index (κ2) is 27.8. The molecule has 0 aliphatic carbocycles. The lowest BCUT2D eigenvalue weighted by atomic mass is 10.1. The molecular formula is C29H52N16O11. The molecule has 0 aromatic rings. The van der Waals surface area contributed by atoms with Gasteiger partial charge < -0.3 is 82.0 Å². The molecule has 0 bridgehead atoms. The molecule has 56 heavy (non-hydrogen) atoms. The first-order valence-electron chi connectivity index (χ1n) is 16.9. The van der Waals surface area contributed by atoms with E-state index in [0.717, 1.165) is 0 Å². The van der Waals surface area contributed by atoms with Crippen molar-refractivity contribution in [2.75, 3.05) is 52.4 Å². The summed E-state index contributed by atoms with van der Waals surface area (Å²) >= 11 is 0. The number of aliphatic imine (C=N–C) groups is 2. The predicted molar refractivity (Wildman–Crippen MR) is 196 cm³/mol. The van der Waals surface area contributed by atoms with Crippen LogP contribution in [0, 0.1) is 0 Å². The van der Waals surface area contributed by atoms with Gasteiger partial charge in [0.15, 0.2) is 11.9 Å². The number of hydrogen-bond donors (Lipinski definition) is 15. The van der Waals surface area contributed by atoms with E-state index in [1.165, 1.54) is 0 Å². The molecule has 27 heteroatoms. The molecule has 0 aliphatic rings. The lowest BCUT2D eigenvalue weighted by Crippen LogP contribution is -2.52. The summed E-state index contributed by atoms with van der Waals surface area (Å²) in [6.45, 7) is -3.25. The van der Waals surface area contributed by atoms with Crippen LogP contribution < -0.4 is 76.9 Å². The van der Waals surface area contributed by atoms with Crippen molar-refractivity contribution in [1.29, 1.82) is 0 Å². The Morgan fingerprint density at radius 2 is 0.857 bits per heavy atom. The minimum atomic E-state index is -1.39. The van der Waals surface area contributed by atoms with Crippen molar-refractivity contribution >= 4 is 71.1 Å². The van der Waals surface area contributed by atoms with Gasteiger partial charge in [-0.25, -0.2) is 4.79 Å². The van der Waals surface area contributed by atoms with Crippen LogP contribution in [-0.4, -0.2) is 147 Å². The molecule has 0 saturated carbocycles. The van der Waals surface area contributed by atoms with Crippen molar-refractivity contribution in [2.24, 2.45) is 44.4 Å². The van der Waals surface area contributed by atoms with E-state index in [1.54, 1.807) is 0 Å². The number of carboxylic acids is 1. The fourth-order valence-electron chi connectivity index (χ4n) is 4.01. The van der Waals surface area contributed by atoms with Gasteiger partial charge in [-0.05, 0) is 32.1 Å². The van der Waals surface area contributed by atoms with Crippen molar-refractivity contribution in [3.05, 3.63) is 0 Å². The highest BCUT2D eigenvalue weighted by Crippen LogP contribution is 1.99. The summed E-state index contributed by atoms with van der Waals surface area (Å²) in [5.74, 6) is -8.88. The topological polar surface area (TPSA) is 468 Å². The number of nitrogens with zero attached hydrogens (tertiary/aromatic N) is 2. The van der Waals surface area contributed by atoms with Crippen molar-refractivity contribution in [2.45, 2.75) is 56.7 Å². The molecule has 21 N–H and O–H groups in total. The van der Waals surface area contributed by atoms with E-state index in [1.807, 2.05) is 0 Å². The first-order chi connectivity index (χ1) is 26.3. The Morgan fingerprint density at radius 3 is 1.27 bits per heavy atom. The van der Waals surface area contributed by atoms with Gasteiger partial charge in [0.25, 0.3) is 0 Å². The van der Waals surface area contributed by atoms with E-state index in [-0.39, 0.29) is 57.1 Å². The van der Waals surface area contributed by atoms with Gasteiger partial charge in [-0.3, -0.25) is 53.1 Å². The maximum atomic E-state index is 12.7. The van der Waals surface area contributed by atoms with Gasteiger partial charge in [-0.1, -0.05) is 0 Å². The Morgan fingerprint density at radius 1 is 0.482 bits per heavy atom. The maximum absolute atomic E-state index is 12.7. The van der Waals surface area contributed by atoms with E-state index >= 15 is 0 Å². The van der Waals surface area contributed by atoms with Crippen LogP contribution in [0.5, 0.6) is 0 Å². The van der Waals surface area contributed by atoms with Gasteiger partial charge in [0.05, 0.1) is 45.3 Å². The van der Waals surface area contributed by atoms with Crippen LogP contribution in [0.25, 0.3) is 0 Å². The molecule has 0 saturated heterocycles. The third-order valence-corrected chi connectivity index (χ3v) is 6.84. The molecule has 3 atom stereocenters. The zero-order valence-corrected chi connectivity index (χ0v) is 30.5. The molecule has 27 nitrogen and oxygen atoms in total. The molecule has 9 amide bonds. The van der Waals surface area contributed by atoms with E-state index in [2.05, 4.69) is 52.5 Å². The van der Waals surface area contributed by atoms with E-state index in [9.17, 15) is 53.1 Å². The second-order valence-electron chi connectivity index (χ2n) is 11.6. The van der Waals surface area contributed by atoms with Gasteiger partial charge in [-0.2, -0.15) is 0 Å². The van der Waals surface area contributed by atoms with Crippen LogP contribution in [0.3, 0.4) is 0 Å². The molecule has 0 aromatic carbocycles. The molecule has 0 spiro atoms. The molecular weight excluding hydrogens is 748 g/mol. The molecule has 0 aliphatic heterocycles. The summed E-state index contributed by atoms with van der Waals surface area (Å²) in [6.07, 6.45) is 0.284. The average molecular weight is 801 g/mol. The molecule has 0 aromatic heterocycles. The van der Waals surface area contributed by atoms with E-state index in [0.29, 0.717) is 6.42 Å². The van der Waals surface area contributed by atoms with Gasteiger partial charge in [0, 0.05) is 19.5 Å². The number of carbonyl (C=O) groups is 10. The van der Waals surface area contributed by atoms with Crippen LogP contribution in [-0.2, 0) is 47.9 Å². The van der Waals surface area contributed by atoms with Gasteiger partial charge in [0.2, 0.25) is 53.2 Å². The van der Waals surface area contributed by atoms with Crippen LogP contribution >= 0.6 is 0 Å². The molecule has 0 fully saturated rings. The highest BCUT2D eigenvalue weighted by atomic mass is 16.4. The molecule has 0 unspecified atom stereocenters. The smallest absolute Gasteiger partial charge is 0.326 e. The van der Waals surface area contributed by atoms with Crippen LogP contribution in [0.1, 0.15) is 38.5 Å². The van der Waals surface area contributed by atoms with Crippen molar-refractivity contribution in [1.82, 2.24) is 42.5 Å². The average Bonchev–Trinajstić information content (AvgIpc) is 3.13. The fourth-order valence-corrected chi connectivity index (χ4v) is 4.01. The number of nitrogens with two attached hydrogens (primary N) is 6. The van der Waals surface area contributed by atoms with Crippen LogP contribution in [0.15, 0.2) is 9.98 Å². The summed E-state index contributed by atoms with van der Waals surface area (Å²) in [4.78, 5) is 128. The lowest BCUT2D eigenvalue weighted by molar-refractivity contribution is -0.142. The summed E-state index contributed by atoms with van der Waals surface area (Å²) in [7, 11) is 0. The third kappa shape index (κ3) is 26.0.